The molecule has 8 nitrogen and oxygen atoms in total. The Bertz CT molecular complexity index is 1540. The SMILES string of the molecule is CC1(C)[C@@H]([C@@H]2N(N3C(=O)c4ccccc4C3=O)C2(C)C)[C@H]1C(=O)O[C@@H](C#N)c1cccc(Oc2ccccc2)c1. The highest BCUT2D eigenvalue weighted by Crippen LogP contribution is 2.68. The molecule has 1 saturated heterocycles. The molecule has 0 radical (unpaired) electrons. The first kappa shape index (κ1) is 25.8. The second-order valence-electron chi connectivity index (χ2n) is 11.7. The third-order valence-electron chi connectivity index (χ3n) is 8.49. The minimum atomic E-state index is -1.11. The highest BCUT2D eigenvalue weighted by Gasteiger charge is 2.77. The van der Waals surface area contributed by atoms with Crippen LogP contribution in [0.15, 0.2) is 78.9 Å². The lowest BCUT2D eigenvalue weighted by molar-refractivity contribution is -0.149. The fourth-order valence-corrected chi connectivity index (χ4v) is 6.28. The van der Waals surface area contributed by atoms with Crippen LogP contribution in [-0.4, -0.2) is 39.4 Å². The van der Waals surface area contributed by atoms with Crippen LogP contribution in [0.5, 0.6) is 11.5 Å². The van der Waals surface area contributed by atoms with Gasteiger partial charge in [-0.05, 0) is 61.6 Å². The van der Waals surface area contributed by atoms with Crippen molar-refractivity contribution in [2.24, 2.45) is 17.3 Å². The van der Waals surface area contributed by atoms with Crippen molar-refractivity contribution in [1.82, 2.24) is 10.0 Å². The molecule has 5 atom stereocenters. The van der Waals surface area contributed by atoms with Gasteiger partial charge in [0.1, 0.15) is 17.6 Å². The molecule has 202 valence electrons. The van der Waals surface area contributed by atoms with Gasteiger partial charge in [0.2, 0.25) is 6.10 Å². The smallest absolute Gasteiger partial charge is 0.311 e. The number of hydrogen-bond acceptors (Lipinski definition) is 7. The summed E-state index contributed by atoms with van der Waals surface area (Å²) in [7, 11) is 0. The maximum atomic E-state index is 13.5. The van der Waals surface area contributed by atoms with Crippen molar-refractivity contribution in [3.63, 3.8) is 0 Å². The maximum absolute atomic E-state index is 13.5. The Hall–Kier alpha value is -4.48. The lowest BCUT2D eigenvalue weighted by atomic mass is 10.0. The molecule has 8 heteroatoms. The van der Waals surface area contributed by atoms with E-state index in [1.54, 1.807) is 53.5 Å². The number of hydrazine groups is 1. The van der Waals surface area contributed by atoms with Gasteiger partial charge in [-0.25, -0.2) is 5.01 Å². The Kier molecular flexibility index (Phi) is 5.82. The van der Waals surface area contributed by atoms with Crippen LogP contribution in [-0.2, 0) is 9.53 Å². The number of benzene rings is 3. The van der Waals surface area contributed by atoms with Crippen LogP contribution in [0.4, 0.5) is 0 Å². The molecule has 0 aromatic heterocycles. The van der Waals surface area contributed by atoms with Crippen molar-refractivity contribution < 1.29 is 23.9 Å². The van der Waals surface area contributed by atoms with Crippen molar-refractivity contribution in [1.29, 1.82) is 5.26 Å². The zero-order chi connectivity index (χ0) is 28.4. The molecule has 2 fully saturated rings. The van der Waals surface area contributed by atoms with Crippen LogP contribution < -0.4 is 4.74 Å². The van der Waals surface area contributed by atoms with Gasteiger partial charge in [-0.2, -0.15) is 10.3 Å². The molecule has 0 bridgehead atoms. The molecule has 3 aromatic carbocycles. The number of carbonyl (C=O) groups is 3. The third-order valence-corrected chi connectivity index (χ3v) is 8.49. The summed E-state index contributed by atoms with van der Waals surface area (Å²) in [5.41, 5.74) is 0.330. The number of carbonyl (C=O) groups excluding carboxylic acids is 3. The van der Waals surface area contributed by atoms with E-state index in [0.29, 0.717) is 28.2 Å². The number of rotatable bonds is 7. The minimum Gasteiger partial charge on any atom is -0.457 e. The van der Waals surface area contributed by atoms with Gasteiger partial charge in [0, 0.05) is 5.56 Å². The van der Waals surface area contributed by atoms with E-state index in [2.05, 4.69) is 6.07 Å². The van der Waals surface area contributed by atoms with Crippen molar-refractivity contribution in [2.45, 2.75) is 45.4 Å². The molecule has 2 heterocycles. The number of amides is 2. The van der Waals surface area contributed by atoms with Crippen LogP contribution in [0.1, 0.15) is 60.1 Å². The molecule has 2 aliphatic heterocycles. The number of para-hydroxylation sites is 1. The number of ether oxygens (including phenoxy) is 2. The predicted octanol–water partition coefficient (Wildman–Crippen LogP) is 5.53. The number of imide groups is 1. The first-order valence-corrected chi connectivity index (χ1v) is 13.3. The normalized spacial score (nSPS) is 25.9. The molecular formula is C32H29N3O5. The summed E-state index contributed by atoms with van der Waals surface area (Å²) in [6.07, 6.45) is -1.11. The molecule has 1 saturated carbocycles. The monoisotopic (exact) mass is 535 g/mol. The molecule has 40 heavy (non-hydrogen) atoms. The van der Waals surface area contributed by atoms with Crippen LogP contribution in [0, 0.1) is 28.6 Å². The number of nitriles is 1. The van der Waals surface area contributed by atoms with Crippen molar-refractivity contribution in [3.8, 4) is 17.6 Å². The Morgan fingerprint density at radius 3 is 2.10 bits per heavy atom. The molecule has 1 unspecified atom stereocenters. The van der Waals surface area contributed by atoms with Crippen LogP contribution in [0.25, 0.3) is 0 Å². The topological polar surface area (TPSA) is 99.7 Å². The zero-order valence-electron chi connectivity index (χ0n) is 22.7. The van der Waals surface area contributed by atoms with Crippen LogP contribution in [0.2, 0.25) is 0 Å². The first-order valence-electron chi connectivity index (χ1n) is 13.3. The number of esters is 1. The predicted molar refractivity (Wildman–Crippen MR) is 145 cm³/mol. The summed E-state index contributed by atoms with van der Waals surface area (Å²) in [5.74, 6) is -0.640. The molecule has 6 rings (SSSR count). The zero-order valence-corrected chi connectivity index (χ0v) is 22.7. The third kappa shape index (κ3) is 3.97. The van der Waals surface area contributed by atoms with E-state index in [-0.39, 0.29) is 23.8 Å². The lowest BCUT2D eigenvalue weighted by Crippen LogP contribution is -2.38. The molecule has 0 N–H and O–H groups in total. The average Bonchev–Trinajstić information content (AvgIpc) is 3.67. The van der Waals surface area contributed by atoms with E-state index in [4.69, 9.17) is 9.47 Å². The summed E-state index contributed by atoms with van der Waals surface area (Å²) in [4.78, 5) is 39.8. The van der Waals surface area contributed by atoms with Gasteiger partial charge in [0.25, 0.3) is 11.8 Å². The number of hydrogen-bond donors (Lipinski definition) is 0. The van der Waals surface area contributed by atoms with Gasteiger partial charge in [-0.1, -0.05) is 56.3 Å². The van der Waals surface area contributed by atoms with E-state index < -0.39 is 28.9 Å². The molecule has 0 spiro atoms. The highest BCUT2D eigenvalue weighted by molar-refractivity contribution is 6.21. The molecule has 3 aliphatic rings. The van der Waals surface area contributed by atoms with E-state index in [1.807, 2.05) is 58.0 Å². The molecule has 3 aromatic rings. The van der Waals surface area contributed by atoms with Crippen LogP contribution >= 0.6 is 0 Å². The van der Waals surface area contributed by atoms with Crippen molar-refractivity contribution in [3.05, 3.63) is 95.6 Å². The minimum absolute atomic E-state index is 0.161. The molecule has 2 amide bonds. The van der Waals surface area contributed by atoms with Crippen molar-refractivity contribution >= 4 is 17.8 Å². The van der Waals surface area contributed by atoms with Gasteiger partial charge >= 0.3 is 5.97 Å². The summed E-state index contributed by atoms with van der Waals surface area (Å²) in [6.45, 7) is 7.89. The van der Waals surface area contributed by atoms with E-state index in [9.17, 15) is 19.6 Å². The Morgan fingerprint density at radius 1 is 0.875 bits per heavy atom. The number of fused-ring (bicyclic) bond motifs is 1. The second kappa shape index (κ2) is 9.04. The first-order chi connectivity index (χ1) is 19.1. The van der Waals surface area contributed by atoms with E-state index in [0.717, 1.165) is 0 Å². The Morgan fingerprint density at radius 2 is 1.48 bits per heavy atom. The standard InChI is InChI=1S/C32H29N3O5/c1-31(2)25(27-32(3,4)35(27)34-28(36)22-15-8-9-16-23(22)29(34)37)26(31)30(38)40-24(18-33)19-11-10-14-21(17-19)39-20-12-6-5-7-13-20/h5-17,24-27H,1-4H3/t24-,25+,26-,27-,35?/m0/s1. The summed E-state index contributed by atoms with van der Waals surface area (Å²) >= 11 is 0. The second-order valence-corrected chi connectivity index (χ2v) is 11.7. The fourth-order valence-electron chi connectivity index (χ4n) is 6.28. The molecular weight excluding hydrogens is 506 g/mol. The Balaban J connectivity index is 1.18. The quantitative estimate of drug-likeness (QED) is 0.223. The summed E-state index contributed by atoms with van der Waals surface area (Å²) in [6, 6.07) is 24.9. The van der Waals surface area contributed by atoms with Crippen LogP contribution in [0.3, 0.4) is 0 Å². The van der Waals surface area contributed by atoms with Gasteiger partial charge in [-0.3, -0.25) is 14.4 Å². The largest absolute Gasteiger partial charge is 0.457 e. The fraction of sp³-hybridized carbons (Fsp3) is 0.312. The summed E-state index contributed by atoms with van der Waals surface area (Å²) in [5, 5.41) is 12.9. The van der Waals surface area contributed by atoms with Crippen molar-refractivity contribution in [2.75, 3.05) is 0 Å². The van der Waals surface area contributed by atoms with Gasteiger partial charge in [-0.15, -0.1) is 0 Å². The average molecular weight is 536 g/mol. The Labute approximate surface area is 232 Å². The van der Waals surface area contributed by atoms with Gasteiger partial charge in [0.15, 0.2) is 0 Å². The lowest BCUT2D eigenvalue weighted by Gasteiger charge is -2.18. The van der Waals surface area contributed by atoms with E-state index in [1.165, 1.54) is 5.01 Å². The molecule has 1 aliphatic carbocycles. The summed E-state index contributed by atoms with van der Waals surface area (Å²) < 4.78 is 11.6. The highest BCUT2D eigenvalue weighted by atomic mass is 16.5. The van der Waals surface area contributed by atoms with Gasteiger partial charge in [0.05, 0.1) is 28.6 Å². The maximum Gasteiger partial charge on any atom is 0.311 e. The number of nitrogens with zero attached hydrogens (tertiary/aromatic N) is 3. The van der Waals surface area contributed by atoms with E-state index >= 15 is 0 Å². The van der Waals surface area contributed by atoms with Gasteiger partial charge < -0.3 is 9.47 Å².